The van der Waals surface area contributed by atoms with Crippen LogP contribution < -0.4 is 4.90 Å². The third kappa shape index (κ3) is 3.42. The average Bonchev–Trinajstić information content (AvgIpc) is 2.29. The minimum absolute atomic E-state index is 0.0892. The SMILES string of the molecule is CC(C)N(CCCO)c1cnccc1C(=O)O. The number of aliphatic hydroxyl groups is 1. The van der Waals surface area contributed by atoms with E-state index in [2.05, 4.69) is 4.98 Å². The summed E-state index contributed by atoms with van der Waals surface area (Å²) in [5.74, 6) is -0.961. The third-order valence-corrected chi connectivity index (χ3v) is 2.52. The van der Waals surface area contributed by atoms with Crippen LogP contribution in [0.5, 0.6) is 0 Å². The van der Waals surface area contributed by atoms with E-state index in [-0.39, 0.29) is 18.2 Å². The highest BCUT2D eigenvalue weighted by Gasteiger charge is 2.17. The number of aliphatic hydroxyl groups excluding tert-OH is 1. The molecule has 0 bridgehead atoms. The van der Waals surface area contributed by atoms with Crippen LogP contribution in [-0.4, -0.2) is 40.4 Å². The second kappa shape index (κ2) is 6.20. The lowest BCUT2D eigenvalue weighted by molar-refractivity contribution is 0.0697. The number of carbonyl (C=O) groups is 1. The number of aromatic carboxylic acids is 1. The lowest BCUT2D eigenvalue weighted by atomic mass is 10.1. The number of aromatic nitrogens is 1. The molecule has 0 saturated carbocycles. The molecule has 0 fully saturated rings. The van der Waals surface area contributed by atoms with E-state index in [1.54, 1.807) is 6.20 Å². The summed E-state index contributed by atoms with van der Waals surface area (Å²) in [7, 11) is 0. The maximum atomic E-state index is 11.1. The normalized spacial score (nSPS) is 10.6. The molecule has 0 radical (unpaired) electrons. The Kier molecular flexibility index (Phi) is 4.90. The standard InChI is InChI=1S/C12H18N2O3/c1-9(2)14(6-3-7-15)11-8-13-5-4-10(11)12(16)17/h4-5,8-9,15H,3,6-7H2,1-2H3,(H,16,17). The summed E-state index contributed by atoms with van der Waals surface area (Å²) in [6, 6.07) is 1.65. The van der Waals surface area contributed by atoms with Crippen LogP contribution in [0.15, 0.2) is 18.5 Å². The third-order valence-electron chi connectivity index (χ3n) is 2.52. The fraction of sp³-hybridized carbons (Fsp3) is 0.500. The van der Waals surface area contributed by atoms with Crippen LogP contribution in [-0.2, 0) is 0 Å². The van der Waals surface area contributed by atoms with Crippen LogP contribution in [0.2, 0.25) is 0 Å². The molecule has 0 aliphatic heterocycles. The number of carboxylic acid groups (broad SMARTS) is 1. The van der Waals surface area contributed by atoms with Gasteiger partial charge in [-0.15, -0.1) is 0 Å². The first-order chi connectivity index (χ1) is 8.07. The van der Waals surface area contributed by atoms with Crippen molar-refractivity contribution < 1.29 is 15.0 Å². The molecule has 0 unspecified atom stereocenters. The molecule has 2 N–H and O–H groups in total. The van der Waals surface area contributed by atoms with Crippen molar-refractivity contribution in [1.82, 2.24) is 4.98 Å². The zero-order chi connectivity index (χ0) is 12.8. The predicted octanol–water partition coefficient (Wildman–Crippen LogP) is 1.38. The Morgan fingerprint density at radius 3 is 2.76 bits per heavy atom. The van der Waals surface area contributed by atoms with Gasteiger partial charge in [-0.3, -0.25) is 4.98 Å². The summed E-state index contributed by atoms with van der Waals surface area (Å²) in [6.07, 6.45) is 3.63. The van der Waals surface area contributed by atoms with Gasteiger partial charge in [-0.05, 0) is 26.3 Å². The highest BCUT2D eigenvalue weighted by Crippen LogP contribution is 2.21. The Bertz CT molecular complexity index is 380. The number of pyridine rings is 1. The molecule has 1 rings (SSSR count). The molecule has 1 aromatic rings. The van der Waals surface area contributed by atoms with Crippen molar-refractivity contribution in [2.75, 3.05) is 18.1 Å². The maximum Gasteiger partial charge on any atom is 0.337 e. The van der Waals surface area contributed by atoms with Crippen LogP contribution in [0.4, 0.5) is 5.69 Å². The zero-order valence-electron chi connectivity index (χ0n) is 10.1. The van der Waals surface area contributed by atoms with E-state index >= 15 is 0 Å². The molecule has 0 amide bonds. The molecule has 0 atom stereocenters. The van der Waals surface area contributed by atoms with E-state index in [9.17, 15) is 4.79 Å². The van der Waals surface area contributed by atoms with Gasteiger partial charge in [-0.2, -0.15) is 0 Å². The Labute approximate surface area is 101 Å². The van der Waals surface area contributed by atoms with E-state index in [4.69, 9.17) is 10.2 Å². The quantitative estimate of drug-likeness (QED) is 0.783. The molecule has 0 aromatic carbocycles. The first-order valence-corrected chi connectivity index (χ1v) is 5.62. The summed E-state index contributed by atoms with van der Waals surface area (Å²) < 4.78 is 0. The number of nitrogens with zero attached hydrogens (tertiary/aromatic N) is 2. The van der Waals surface area contributed by atoms with Crippen molar-refractivity contribution >= 4 is 11.7 Å². The molecule has 17 heavy (non-hydrogen) atoms. The van der Waals surface area contributed by atoms with Crippen LogP contribution in [0, 0.1) is 0 Å². The molecule has 0 aliphatic carbocycles. The fourth-order valence-electron chi connectivity index (χ4n) is 1.69. The van der Waals surface area contributed by atoms with Crippen LogP contribution in [0.3, 0.4) is 0 Å². The molecule has 5 heteroatoms. The molecule has 5 nitrogen and oxygen atoms in total. The molecule has 0 saturated heterocycles. The molecule has 94 valence electrons. The number of hydrogen-bond acceptors (Lipinski definition) is 4. The van der Waals surface area contributed by atoms with Crippen molar-refractivity contribution in [2.45, 2.75) is 26.3 Å². The Balaban J connectivity index is 3.04. The van der Waals surface area contributed by atoms with Gasteiger partial charge in [0.1, 0.15) is 0 Å². The first kappa shape index (κ1) is 13.4. The average molecular weight is 238 g/mol. The van der Waals surface area contributed by atoms with E-state index in [0.29, 0.717) is 18.7 Å². The summed E-state index contributed by atoms with van der Waals surface area (Å²) in [5, 5.41) is 18.0. The van der Waals surface area contributed by atoms with Crippen molar-refractivity contribution in [3.63, 3.8) is 0 Å². The minimum atomic E-state index is -0.961. The van der Waals surface area contributed by atoms with Gasteiger partial charge >= 0.3 is 5.97 Å². The van der Waals surface area contributed by atoms with Gasteiger partial charge < -0.3 is 15.1 Å². The fourth-order valence-corrected chi connectivity index (χ4v) is 1.69. The maximum absolute atomic E-state index is 11.1. The topological polar surface area (TPSA) is 73.7 Å². The van der Waals surface area contributed by atoms with Crippen LogP contribution >= 0.6 is 0 Å². The van der Waals surface area contributed by atoms with Gasteiger partial charge in [0.25, 0.3) is 0 Å². The largest absolute Gasteiger partial charge is 0.478 e. The van der Waals surface area contributed by atoms with Gasteiger partial charge in [0.2, 0.25) is 0 Å². The van der Waals surface area contributed by atoms with E-state index in [1.165, 1.54) is 12.3 Å². The van der Waals surface area contributed by atoms with Crippen molar-refractivity contribution in [2.24, 2.45) is 0 Å². The number of anilines is 1. The Morgan fingerprint density at radius 1 is 1.53 bits per heavy atom. The molecule has 0 aliphatic rings. The van der Waals surface area contributed by atoms with E-state index in [0.717, 1.165) is 0 Å². The number of carboxylic acids is 1. The monoisotopic (exact) mass is 238 g/mol. The van der Waals surface area contributed by atoms with Gasteiger partial charge in [0.15, 0.2) is 0 Å². The second-order valence-electron chi connectivity index (χ2n) is 4.06. The lowest BCUT2D eigenvalue weighted by Gasteiger charge is -2.29. The molecule has 1 aromatic heterocycles. The number of hydrogen-bond donors (Lipinski definition) is 2. The predicted molar refractivity (Wildman–Crippen MR) is 65.4 cm³/mol. The van der Waals surface area contributed by atoms with Gasteiger partial charge in [0, 0.05) is 25.4 Å². The highest BCUT2D eigenvalue weighted by molar-refractivity contribution is 5.94. The van der Waals surface area contributed by atoms with E-state index < -0.39 is 5.97 Å². The molecular formula is C12H18N2O3. The first-order valence-electron chi connectivity index (χ1n) is 5.62. The minimum Gasteiger partial charge on any atom is -0.478 e. The second-order valence-corrected chi connectivity index (χ2v) is 4.06. The molecular weight excluding hydrogens is 220 g/mol. The Morgan fingerprint density at radius 2 is 2.24 bits per heavy atom. The van der Waals surface area contributed by atoms with Gasteiger partial charge in [-0.25, -0.2) is 4.79 Å². The van der Waals surface area contributed by atoms with Crippen molar-refractivity contribution in [3.8, 4) is 0 Å². The molecule has 0 spiro atoms. The summed E-state index contributed by atoms with van der Waals surface area (Å²) in [4.78, 5) is 17.0. The van der Waals surface area contributed by atoms with Crippen LogP contribution in [0.25, 0.3) is 0 Å². The summed E-state index contributed by atoms with van der Waals surface area (Å²) >= 11 is 0. The molecule has 1 heterocycles. The van der Waals surface area contributed by atoms with Crippen molar-refractivity contribution in [1.29, 1.82) is 0 Å². The van der Waals surface area contributed by atoms with Crippen LogP contribution in [0.1, 0.15) is 30.6 Å². The van der Waals surface area contributed by atoms with Crippen molar-refractivity contribution in [3.05, 3.63) is 24.0 Å². The smallest absolute Gasteiger partial charge is 0.337 e. The van der Waals surface area contributed by atoms with Gasteiger partial charge in [-0.1, -0.05) is 0 Å². The lowest BCUT2D eigenvalue weighted by Crippen LogP contribution is -2.33. The highest BCUT2D eigenvalue weighted by atomic mass is 16.4. The van der Waals surface area contributed by atoms with Gasteiger partial charge in [0.05, 0.1) is 17.4 Å². The number of rotatable bonds is 6. The zero-order valence-corrected chi connectivity index (χ0v) is 10.1. The summed E-state index contributed by atoms with van der Waals surface area (Å²) in [6.45, 7) is 4.66. The summed E-state index contributed by atoms with van der Waals surface area (Å²) in [5.41, 5.74) is 0.843. The Hall–Kier alpha value is -1.62. The van der Waals surface area contributed by atoms with E-state index in [1.807, 2.05) is 18.7 Å².